The van der Waals surface area contributed by atoms with E-state index in [9.17, 15) is 4.79 Å². The Morgan fingerprint density at radius 3 is 2.86 bits per heavy atom. The van der Waals surface area contributed by atoms with Crippen molar-refractivity contribution in [2.75, 3.05) is 50.8 Å². The summed E-state index contributed by atoms with van der Waals surface area (Å²) in [5.74, 6) is -0.0774. The summed E-state index contributed by atoms with van der Waals surface area (Å²) in [7, 11) is 1.95. The maximum Gasteiger partial charge on any atom is 0.238 e. The Balaban J connectivity index is 1.76. The molecule has 1 aromatic carbocycles. The highest BCUT2D eigenvalue weighted by atomic mass is 35.5. The zero-order valence-electron chi connectivity index (χ0n) is 12.4. The van der Waals surface area contributed by atoms with Crippen LogP contribution in [0.4, 0.5) is 11.4 Å². The second kappa shape index (κ2) is 7.64. The van der Waals surface area contributed by atoms with Crippen LogP contribution in [0.2, 0.25) is 5.02 Å². The van der Waals surface area contributed by atoms with Crippen molar-refractivity contribution in [3.05, 3.63) is 23.2 Å². The van der Waals surface area contributed by atoms with E-state index in [2.05, 4.69) is 10.2 Å². The van der Waals surface area contributed by atoms with E-state index in [1.54, 1.807) is 18.2 Å². The first kappa shape index (κ1) is 16.1. The van der Waals surface area contributed by atoms with Crippen LogP contribution in [0.15, 0.2) is 18.2 Å². The SMILES string of the molecule is CN(CCN1CCCC1)CC(=O)Nc1cc(N)ccc1Cl. The van der Waals surface area contributed by atoms with E-state index < -0.39 is 0 Å². The van der Waals surface area contributed by atoms with Crippen LogP contribution < -0.4 is 11.1 Å². The molecule has 1 fully saturated rings. The monoisotopic (exact) mass is 310 g/mol. The predicted octanol–water partition coefficient (Wildman–Crippen LogP) is 1.89. The molecule has 1 aliphatic heterocycles. The Labute approximate surface area is 131 Å². The number of nitrogen functional groups attached to an aromatic ring is 1. The molecule has 1 aromatic rings. The number of anilines is 2. The van der Waals surface area contributed by atoms with Gasteiger partial charge < -0.3 is 16.0 Å². The number of likely N-dealkylation sites (tertiary alicyclic amines) is 1. The van der Waals surface area contributed by atoms with Gasteiger partial charge in [-0.1, -0.05) is 11.6 Å². The van der Waals surface area contributed by atoms with Gasteiger partial charge in [0.25, 0.3) is 0 Å². The summed E-state index contributed by atoms with van der Waals surface area (Å²) < 4.78 is 0. The fraction of sp³-hybridized carbons (Fsp3) is 0.533. The van der Waals surface area contributed by atoms with Gasteiger partial charge in [-0.3, -0.25) is 9.69 Å². The molecule has 0 aliphatic carbocycles. The van der Waals surface area contributed by atoms with Gasteiger partial charge in [0, 0.05) is 18.8 Å². The molecule has 5 nitrogen and oxygen atoms in total. The van der Waals surface area contributed by atoms with Gasteiger partial charge in [-0.05, 0) is 51.2 Å². The zero-order valence-corrected chi connectivity index (χ0v) is 13.2. The quantitative estimate of drug-likeness (QED) is 0.788. The van der Waals surface area contributed by atoms with Gasteiger partial charge >= 0.3 is 0 Å². The molecule has 0 aromatic heterocycles. The lowest BCUT2D eigenvalue weighted by atomic mass is 10.3. The number of nitrogens with two attached hydrogens (primary N) is 1. The van der Waals surface area contributed by atoms with Crippen molar-refractivity contribution in [3.8, 4) is 0 Å². The number of halogens is 1. The van der Waals surface area contributed by atoms with E-state index in [0.717, 1.165) is 13.1 Å². The van der Waals surface area contributed by atoms with Crippen molar-refractivity contribution in [3.63, 3.8) is 0 Å². The summed E-state index contributed by atoms with van der Waals surface area (Å²) in [6, 6.07) is 5.06. The second-order valence-corrected chi connectivity index (χ2v) is 5.98. The zero-order chi connectivity index (χ0) is 15.2. The van der Waals surface area contributed by atoms with Crippen LogP contribution in [0.5, 0.6) is 0 Å². The molecule has 6 heteroatoms. The maximum atomic E-state index is 12.0. The molecule has 0 unspecified atom stereocenters. The summed E-state index contributed by atoms with van der Waals surface area (Å²) in [5.41, 5.74) is 6.84. The van der Waals surface area contributed by atoms with Crippen molar-refractivity contribution in [1.29, 1.82) is 0 Å². The molecular weight excluding hydrogens is 288 g/mol. The van der Waals surface area contributed by atoms with Crippen molar-refractivity contribution in [2.24, 2.45) is 0 Å². The van der Waals surface area contributed by atoms with Crippen LogP contribution in [0.1, 0.15) is 12.8 Å². The van der Waals surface area contributed by atoms with Crippen LogP contribution in [-0.4, -0.2) is 55.5 Å². The van der Waals surface area contributed by atoms with Gasteiger partial charge in [0.1, 0.15) is 0 Å². The number of hydrogen-bond donors (Lipinski definition) is 2. The molecule has 1 heterocycles. The van der Waals surface area contributed by atoms with E-state index >= 15 is 0 Å². The number of benzene rings is 1. The van der Waals surface area contributed by atoms with E-state index in [1.165, 1.54) is 25.9 Å². The summed E-state index contributed by atoms with van der Waals surface area (Å²) in [6.45, 7) is 4.61. The molecule has 21 heavy (non-hydrogen) atoms. The first-order valence-electron chi connectivity index (χ1n) is 7.30. The van der Waals surface area contributed by atoms with Crippen molar-refractivity contribution >= 4 is 28.9 Å². The minimum atomic E-state index is -0.0774. The third kappa shape index (κ3) is 5.19. The summed E-state index contributed by atoms with van der Waals surface area (Å²) in [4.78, 5) is 16.5. The number of amides is 1. The van der Waals surface area contributed by atoms with Crippen molar-refractivity contribution < 1.29 is 4.79 Å². The molecule has 2 rings (SSSR count). The molecule has 1 aliphatic rings. The minimum absolute atomic E-state index is 0.0774. The van der Waals surface area contributed by atoms with Crippen molar-refractivity contribution in [1.82, 2.24) is 9.80 Å². The smallest absolute Gasteiger partial charge is 0.238 e. The Morgan fingerprint density at radius 2 is 2.14 bits per heavy atom. The lowest BCUT2D eigenvalue weighted by Gasteiger charge is -2.21. The molecule has 0 atom stereocenters. The normalized spacial score (nSPS) is 15.6. The highest BCUT2D eigenvalue weighted by molar-refractivity contribution is 6.33. The largest absolute Gasteiger partial charge is 0.399 e. The number of nitrogens with zero attached hydrogens (tertiary/aromatic N) is 2. The van der Waals surface area contributed by atoms with Gasteiger partial charge in [-0.2, -0.15) is 0 Å². The van der Waals surface area contributed by atoms with Crippen LogP contribution in [0, 0.1) is 0 Å². The fourth-order valence-corrected chi connectivity index (χ4v) is 2.64. The molecule has 116 valence electrons. The predicted molar refractivity (Wildman–Crippen MR) is 87.7 cm³/mol. The lowest BCUT2D eigenvalue weighted by Crippen LogP contribution is -2.36. The average Bonchev–Trinajstić information content (AvgIpc) is 2.94. The Bertz CT molecular complexity index is 489. The molecule has 0 saturated carbocycles. The number of nitrogens with one attached hydrogen (secondary N) is 1. The summed E-state index contributed by atoms with van der Waals surface area (Å²) in [5, 5.41) is 3.30. The molecule has 3 N–H and O–H groups in total. The third-order valence-electron chi connectivity index (χ3n) is 3.67. The maximum absolute atomic E-state index is 12.0. The lowest BCUT2D eigenvalue weighted by molar-refractivity contribution is -0.117. The van der Waals surface area contributed by atoms with Crippen LogP contribution >= 0.6 is 11.6 Å². The number of likely N-dealkylation sites (N-methyl/N-ethyl adjacent to an activating group) is 1. The van der Waals surface area contributed by atoms with E-state index in [-0.39, 0.29) is 5.91 Å². The van der Waals surface area contributed by atoms with E-state index in [4.69, 9.17) is 17.3 Å². The van der Waals surface area contributed by atoms with Crippen molar-refractivity contribution in [2.45, 2.75) is 12.8 Å². The number of carbonyl (C=O) groups is 1. The topological polar surface area (TPSA) is 61.6 Å². The molecule has 0 spiro atoms. The van der Waals surface area contributed by atoms with Gasteiger partial charge in [0.05, 0.1) is 17.3 Å². The Hall–Kier alpha value is -1.30. The molecule has 0 bridgehead atoms. The van der Waals surface area contributed by atoms with E-state index in [1.807, 2.05) is 11.9 Å². The molecule has 0 radical (unpaired) electrons. The Kier molecular flexibility index (Phi) is 5.85. The summed E-state index contributed by atoms with van der Waals surface area (Å²) in [6.07, 6.45) is 2.58. The fourth-order valence-electron chi connectivity index (χ4n) is 2.47. The first-order valence-corrected chi connectivity index (χ1v) is 7.68. The number of rotatable bonds is 6. The average molecular weight is 311 g/mol. The van der Waals surface area contributed by atoms with Crippen LogP contribution in [-0.2, 0) is 4.79 Å². The summed E-state index contributed by atoms with van der Waals surface area (Å²) >= 11 is 6.03. The van der Waals surface area contributed by atoms with Gasteiger partial charge in [-0.25, -0.2) is 0 Å². The highest BCUT2D eigenvalue weighted by Crippen LogP contribution is 2.23. The molecule has 1 amide bonds. The van der Waals surface area contributed by atoms with Crippen LogP contribution in [0.3, 0.4) is 0 Å². The first-order chi connectivity index (χ1) is 10.0. The Morgan fingerprint density at radius 1 is 1.43 bits per heavy atom. The minimum Gasteiger partial charge on any atom is -0.399 e. The molecule has 1 saturated heterocycles. The standard InChI is InChI=1S/C15H23ClN4O/c1-19(8-9-20-6-2-3-7-20)11-15(21)18-14-10-12(17)4-5-13(14)16/h4-5,10H,2-3,6-9,11,17H2,1H3,(H,18,21). The van der Waals surface area contributed by atoms with Gasteiger partial charge in [0.15, 0.2) is 0 Å². The van der Waals surface area contributed by atoms with E-state index in [0.29, 0.717) is 22.9 Å². The van der Waals surface area contributed by atoms with Gasteiger partial charge in [-0.15, -0.1) is 0 Å². The number of carbonyl (C=O) groups excluding carboxylic acids is 1. The second-order valence-electron chi connectivity index (χ2n) is 5.57. The molecular formula is C15H23ClN4O. The van der Waals surface area contributed by atoms with Crippen LogP contribution in [0.25, 0.3) is 0 Å². The highest BCUT2D eigenvalue weighted by Gasteiger charge is 2.13. The third-order valence-corrected chi connectivity index (χ3v) is 4.00. The number of hydrogen-bond acceptors (Lipinski definition) is 4. The van der Waals surface area contributed by atoms with Gasteiger partial charge in [0.2, 0.25) is 5.91 Å².